The van der Waals surface area contributed by atoms with Crippen LogP contribution in [0.15, 0.2) is 49.1 Å². The van der Waals surface area contributed by atoms with Gasteiger partial charge in [-0.25, -0.2) is 9.97 Å². The van der Waals surface area contributed by atoms with E-state index < -0.39 is 0 Å². The highest BCUT2D eigenvalue weighted by Gasteiger charge is 2.25. The molecule has 0 bridgehead atoms. The predicted octanol–water partition coefficient (Wildman–Crippen LogP) is 2.78. The Morgan fingerprint density at radius 1 is 1.38 bits per heavy atom. The molecule has 1 aromatic carbocycles. The maximum Gasteiger partial charge on any atom is 0.243 e. The fraction of sp³-hybridized carbons (Fsp3) is 0.316. The lowest BCUT2D eigenvalue weighted by Gasteiger charge is -2.12. The van der Waals surface area contributed by atoms with Gasteiger partial charge in [-0.15, -0.1) is 0 Å². The number of carbonyl (C=O) groups is 1. The number of allylic oxidation sites excluding steroid dienone is 1. The molecule has 0 spiro atoms. The number of nitrogens with zero attached hydrogens (tertiary/aromatic N) is 2. The van der Waals surface area contributed by atoms with Gasteiger partial charge in [-0.1, -0.05) is 38.1 Å². The minimum Gasteiger partial charge on any atom is -0.487 e. The first kappa shape index (κ1) is 16.2. The quantitative estimate of drug-likeness (QED) is 0.859. The van der Waals surface area contributed by atoms with E-state index in [2.05, 4.69) is 21.4 Å². The summed E-state index contributed by atoms with van der Waals surface area (Å²) < 4.78 is 6.07. The van der Waals surface area contributed by atoms with Gasteiger partial charge in [0.05, 0.1) is 6.54 Å². The first-order valence-corrected chi connectivity index (χ1v) is 8.13. The van der Waals surface area contributed by atoms with E-state index in [0.717, 1.165) is 28.9 Å². The van der Waals surface area contributed by atoms with Crippen molar-refractivity contribution in [1.82, 2.24) is 15.3 Å². The standard InChI is InChI=1S/C19H21N3O2/c1-13(2)6-7-18(23)22-11-16-8-14-4-3-5-17(19(14)24-16)15-9-20-12-21-10-15/h3-7,9-10,12-13,16H,8,11H2,1-2H3,(H,22,23)/b7-6+/t16-/m1/s1. The van der Waals surface area contributed by atoms with Crippen LogP contribution in [-0.2, 0) is 11.2 Å². The van der Waals surface area contributed by atoms with Crippen LogP contribution in [0.25, 0.3) is 11.1 Å². The third-order valence-electron chi connectivity index (χ3n) is 3.84. The van der Waals surface area contributed by atoms with Crippen molar-refractivity contribution < 1.29 is 9.53 Å². The molecule has 0 aliphatic carbocycles. The number of rotatable bonds is 5. The van der Waals surface area contributed by atoms with Crippen molar-refractivity contribution in [2.45, 2.75) is 26.4 Å². The Bertz CT molecular complexity index is 742. The number of ether oxygens (including phenoxy) is 1. The lowest BCUT2D eigenvalue weighted by atomic mass is 10.0. The molecule has 2 heterocycles. The molecule has 0 saturated heterocycles. The second-order valence-electron chi connectivity index (χ2n) is 6.21. The fourth-order valence-electron chi connectivity index (χ4n) is 2.67. The predicted molar refractivity (Wildman–Crippen MR) is 92.6 cm³/mol. The molecule has 124 valence electrons. The SMILES string of the molecule is CC(C)/C=C/C(=O)NC[C@H]1Cc2cccc(-c3cncnc3)c2O1. The normalized spacial score (nSPS) is 16.2. The molecular weight excluding hydrogens is 302 g/mol. The zero-order chi connectivity index (χ0) is 16.9. The molecule has 0 fully saturated rings. The second kappa shape index (κ2) is 7.25. The zero-order valence-corrected chi connectivity index (χ0v) is 13.9. The number of aromatic nitrogens is 2. The topological polar surface area (TPSA) is 64.1 Å². The van der Waals surface area contributed by atoms with Crippen LogP contribution in [0, 0.1) is 5.92 Å². The van der Waals surface area contributed by atoms with Gasteiger partial charge in [-0.3, -0.25) is 4.79 Å². The van der Waals surface area contributed by atoms with E-state index in [9.17, 15) is 4.79 Å². The molecule has 24 heavy (non-hydrogen) atoms. The number of nitrogens with one attached hydrogen (secondary N) is 1. The zero-order valence-electron chi connectivity index (χ0n) is 13.9. The van der Waals surface area contributed by atoms with E-state index in [1.807, 2.05) is 32.1 Å². The minimum absolute atomic E-state index is 0.0535. The monoisotopic (exact) mass is 323 g/mol. The maximum absolute atomic E-state index is 11.8. The van der Waals surface area contributed by atoms with Gasteiger partial charge < -0.3 is 10.1 Å². The van der Waals surface area contributed by atoms with E-state index in [1.165, 1.54) is 6.33 Å². The Labute approximate surface area is 141 Å². The van der Waals surface area contributed by atoms with Crippen LogP contribution in [0.2, 0.25) is 0 Å². The first-order chi connectivity index (χ1) is 11.6. The molecule has 1 aliphatic rings. The van der Waals surface area contributed by atoms with Gasteiger partial charge >= 0.3 is 0 Å². The van der Waals surface area contributed by atoms with Gasteiger partial charge in [0.15, 0.2) is 0 Å². The molecular formula is C19H21N3O2. The van der Waals surface area contributed by atoms with Gasteiger partial charge in [0.25, 0.3) is 0 Å². The molecule has 1 atom stereocenters. The van der Waals surface area contributed by atoms with Crippen molar-refractivity contribution in [3.63, 3.8) is 0 Å². The first-order valence-electron chi connectivity index (χ1n) is 8.13. The van der Waals surface area contributed by atoms with Crippen LogP contribution in [0.1, 0.15) is 19.4 Å². The van der Waals surface area contributed by atoms with Gasteiger partial charge in [-0.2, -0.15) is 0 Å². The molecule has 5 heteroatoms. The summed E-state index contributed by atoms with van der Waals surface area (Å²) in [6.07, 6.45) is 9.26. The Morgan fingerprint density at radius 2 is 2.17 bits per heavy atom. The van der Waals surface area contributed by atoms with Gasteiger partial charge in [0.1, 0.15) is 18.2 Å². The van der Waals surface area contributed by atoms with E-state index >= 15 is 0 Å². The Balaban J connectivity index is 1.66. The molecule has 2 aromatic rings. The Morgan fingerprint density at radius 3 is 2.92 bits per heavy atom. The molecule has 3 rings (SSSR count). The highest BCUT2D eigenvalue weighted by atomic mass is 16.5. The molecule has 0 unspecified atom stereocenters. The number of hydrogen-bond donors (Lipinski definition) is 1. The van der Waals surface area contributed by atoms with Gasteiger partial charge in [0, 0.05) is 29.9 Å². The van der Waals surface area contributed by atoms with E-state index in [4.69, 9.17) is 4.74 Å². The van der Waals surface area contributed by atoms with Crippen molar-refractivity contribution in [1.29, 1.82) is 0 Å². The summed E-state index contributed by atoms with van der Waals surface area (Å²) in [5, 5.41) is 2.90. The van der Waals surface area contributed by atoms with E-state index in [0.29, 0.717) is 12.5 Å². The summed E-state index contributed by atoms with van der Waals surface area (Å²) in [7, 11) is 0. The number of hydrogen-bond acceptors (Lipinski definition) is 4. The van der Waals surface area contributed by atoms with Crippen LogP contribution in [0.4, 0.5) is 0 Å². The third-order valence-corrected chi connectivity index (χ3v) is 3.84. The summed E-state index contributed by atoms with van der Waals surface area (Å²) in [5.74, 6) is 1.14. The molecule has 5 nitrogen and oxygen atoms in total. The average Bonchev–Trinajstić information content (AvgIpc) is 3.02. The second-order valence-corrected chi connectivity index (χ2v) is 6.21. The van der Waals surface area contributed by atoms with E-state index in [-0.39, 0.29) is 12.0 Å². The molecule has 1 amide bonds. The van der Waals surface area contributed by atoms with E-state index in [1.54, 1.807) is 18.5 Å². The van der Waals surface area contributed by atoms with Gasteiger partial charge in [0.2, 0.25) is 5.91 Å². The van der Waals surface area contributed by atoms with Crippen LogP contribution in [0.5, 0.6) is 5.75 Å². The summed E-state index contributed by atoms with van der Waals surface area (Å²) in [5.41, 5.74) is 3.06. The molecule has 0 saturated carbocycles. The van der Waals surface area contributed by atoms with Crippen LogP contribution in [0.3, 0.4) is 0 Å². The van der Waals surface area contributed by atoms with Crippen molar-refractivity contribution >= 4 is 5.91 Å². The molecule has 0 radical (unpaired) electrons. The number of benzene rings is 1. The fourth-order valence-corrected chi connectivity index (χ4v) is 2.67. The molecule has 1 N–H and O–H groups in total. The Hall–Kier alpha value is -2.69. The highest BCUT2D eigenvalue weighted by Crippen LogP contribution is 2.38. The third kappa shape index (κ3) is 3.79. The maximum atomic E-state index is 11.8. The largest absolute Gasteiger partial charge is 0.487 e. The van der Waals surface area contributed by atoms with Crippen LogP contribution >= 0.6 is 0 Å². The van der Waals surface area contributed by atoms with Crippen LogP contribution < -0.4 is 10.1 Å². The number of para-hydroxylation sites is 1. The number of amides is 1. The molecule has 1 aliphatic heterocycles. The Kier molecular flexibility index (Phi) is 4.89. The lowest BCUT2D eigenvalue weighted by Crippen LogP contribution is -2.33. The highest BCUT2D eigenvalue weighted by molar-refractivity contribution is 5.87. The summed E-state index contributed by atoms with van der Waals surface area (Å²) >= 11 is 0. The van der Waals surface area contributed by atoms with Crippen molar-refractivity contribution in [2.24, 2.45) is 5.92 Å². The van der Waals surface area contributed by atoms with Gasteiger partial charge in [-0.05, 0) is 17.6 Å². The van der Waals surface area contributed by atoms with Crippen molar-refractivity contribution in [2.75, 3.05) is 6.54 Å². The van der Waals surface area contributed by atoms with Crippen molar-refractivity contribution in [3.05, 3.63) is 54.6 Å². The summed E-state index contributed by atoms with van der Waals surface area (Å²) in [6, 6.07) is 6.07. The summed E-state index contributed by atoms with van der Waals surface area (Å²) in [4.78, 5) is 19.9. The number of carbonyl (C=O) groups excluding carboxylic acids is 1. The average molecular weight is 323 g/mol. The smallest absolute Gasteiger partial charge is 0.243 e. The summed E-state index contributed by atoms with van der Waals surface area (Å²) in [6.45, 7) is 4.56. The molecule has 1 aromatic heterocycles. The van der Waals surface area contributed by atoms with Crippen molar-refractivity contribution in [3.8, 4) is 16.9 Å². The number of fused-ring (bicyclic) bond motifs is 1. The lowest BCUT2D eigenvalue weighted by molar-refractivity contribution is -0.116. The minimum atomic E-state index is -0.0834. The van der Waals surface area contributed by atoms with Crippen LogP contribution in [-0.4, -0.2) is 28.5 Å².